The summed E-state index contributed by atoms with van der Waals surface area (Å²) >= 11 is 0. The number of rotatable bonds is 5. The fourth-order valence-corrected chi connectivity index (χ4v) is 3.18. The van der Waals surface area contributed by atoms with Crippen molar-refractivity contribution < 1.29 is 9.59 Å². The minimum Gasteiger partial charge on any atom is -0.342 e. The van der Waals surface area contributed by atoms with Gasteiger partial charge in [-0.3, -0.25) is 19.2 Å². The molecular weight excluding hydrogens is 330 g/mol. The molecule has 2 aromatic rings. The lowest BCUT2D eigenvalue weighted by Gasteiger charge is -2.34. The first kappa shape index (κ1) is 18.1. The van der Waals surface area contributed by atoms with Gasteiger partial charge >= 0.3 is 0 Å². The van der Waals surface area contributed by atoms with Gasteiger partial charge in [0.25, 0.3) is 5.91 Å². The molecule has 1 saturated heterocycles. The lowest BCUT2D eigenvalue weighted by Crippen LogP contribution is -2.50. The molecule has 0 aliphatic carbocycles. The lowest BCUT2D eigenvalue weighted by molar-refractivity contribution is -0.131. The Labute approximate surface area is 153 Å². The van der Waals surface area contributed by atoms with Crippen LogP contribution in [0.25, 0.3) is 0 Å². The molecule has 0 radical (unpaired) electrons. The fourth-order valence-electron chi connectivity index (χ4n) is 3.18. The van der Waals surface area contributed by atoms with Crippen molar-refractivity contribution in [3.05, 3.63) is 53.3 Å². The van der Waals surface area contributed by atoms with Gasteiger partial charge in [0.15, 0.2) is 0 Å². The molecule has 1 aliphatic rings. The zero-order valence-electron chi connectivity index (χ0n) is 15.3. The van der Waals surface area contributed by atoms with Crippen LogP contribution in [-0.2, 0) is 18.4 Å². The van der Waals surface area contributed by atoms with Crippen LogP contribution in [0.3, 0.4) is 0 Å². The first-order valence-corrected chi connectivity index (χ1v) is 8.86. The molecule has 0 unspecified atom stereocenters. The summed E-state index contributed by atoms with van der Waals surface area (Å²) in [6.07, 6.45) is 0. The molecule has 1 N–H and O–H groups in total. The largest absolute Gasteiger partial charge is 0.342 e. The summed E-state index contributed by atoms with van der Waals surface area (Å²) in [5.74, 6) is -0.319. The van der Waals surface area contributed by atoms with E-state index in [9.17, 15) is 9.59 Å². The summed E-state index contributed by atoms with van der Waals surface area (Å²) in [5, 5.41) is 6.84. The summed E-state index contributed by atoms with van der Waals surface area (Å²) in [6.45, 7) is 5.81. The fraction of sp³-hybridized carbons (Fsp3) is 0.421. The average Bonchev–Trinajstić information content (AvgIpc) is 2.99. The number of carbonyl (C=O) groups is 2. The van der Waals surface area contributed by atoms with Gasteiger partial charge < -0.3 is 10.2 Å². The predicted octanol–water partition coefficient (Wildman–Crippen LogP) is 0.803. The van der Waals surface area contributed by atoms with Crippen LogP contribution in [0.1, 0.15) is 21.7 Å². The van der Waals surface area contributed by atoms with E-state index >= 15 is 0 Å². The van der Waals surface area contributed by atoms with Gasteiger partial charge in [0.05, 0.1) is 12.2 Å². The Morgan fingerprint density at radius 1 is 1.12 bits per heavy atom. The van der Waals surface area contributed by atoms with Gasteiger partial charge in [-0.15, -0.1) is 0 Å². The molecule has 1 aromatic heterocycles. The van der Waals surface area contributed by atoms with Crippen LogP contribution < -0.4 is 5.32 Å². The third-order valence-corrected chi connectivity index (χ3v) is 4.61. The van der Waals surface area contributed by atoms with Gasteiger partial charge in [0, 0.05) is 39.8 Å². The Balaban J connectivity index is 1.43. The zero-order valence-corrected chi connectivity index (χ0v) is 15.3. The molecule has 7 heteroatoms. The number of carbonyl (C=O) groups excluding carboxylic acids is 2. The Bertz CT molecular complexity index is 763. The van der Waals surface area contributed by atoms with Gasteiger partial charge in [0.2, 0.25) is 5.91 Å². The quantitative estimate of drug-likeness (QED) is 0.861. The van der Waals surface area contributed by atoms with Crippen molar-refractivity contribution in [3.63, 3.8) is 0 Å². The molecule has 0 atom stereocenters. The van der Waals surface area contributed by atoms with Gasteiger partial charge in [-0.05, 0) is 18.6 Å². The molecule has 26 heavy (non-hydrogen) atoms. The normalized spacial score (nSPS) is 15.1. The van der Waals surface area contributed by atoms with Crippen LogP contribution in [0.4, 0.5) is 0 Å². The first-order valence-electron chi connectivity index (χ1n) is 8.86. The van der Waals surface area contributed by atoms with E-state index in [4.69, 9.17) is 0 Å². The smallest absolute Gasteiger partial charge is 0.269 e. The van der Waals surface area contributed by atoms with Crippen LogP contribution in [0.15, 0.2) is 36.4 Å². The van der Waals surface area contributed by atoms with E-state index in [1.807, 2.05) is 30.0 Å². The van der Waals surface area contributed by atoms with E-state index < -0.39 is 0 Å². The zero-order chi connectivity index (χ0) is 18.5. The third kappa shape index (κ3) is 4.49. The standard InChI is InChI=1S/C19H25N5O2/c1-15-12-17(22(2)21-15)19(26)20-13-18(25)24-10-8-23(9-11-24)14-16-6-4-3-5-7-16/h3-7,12H,8-11,13-14H2,1-2H3,(H,20,26). The molecule has 2 amide bonds. The van der Waals surface area contributed by atoms with Crippen LogP contribution in [0.5, 0.6) is 0 Å². The maximum Gasteiger partial charge on any atom is 0.269 e. The SMILES string of the molecule is Cc1cc(C(=O)NCC(=O)N2CCN(Cc3ccccc3)CC2)n(C)n1. The summed E-state index contributed by atoms with van der Waals surface area (Å²) in [4.78, 5) is 28.7. The Morgan fingerprint density at radius 3 is 2.42 bits per heavy atom. The molecule has 2 heterocycles. The van der Waals surface area contributed by atoms with Gasteiger partial charge in [-0.2, -0.15) is 5.10 Å². The van der Waals surface area contributed by atoms with Crippen molar-refractivity contribution in [3.8, 4) is 0 Å². The summed E-state index contributed by atoms with van der Waals surface area (Å²) in [5.41, 5.74) is 2.52. The Kier molecular flexibility index (Phi) is 5.68. The number of piperazine rings is 1. The van der Waals surface area contributed by atoms with Crippen molar-refractivity contribution in [1.29, 1.82) is 0 Å². The third-order valence-electron chi connectivity index (χ3n) is 4.61. The summed E-state index contributed by atoms with van der Waals surface area (Å²) in [6, 6.07) is 12.0. The van der Waals surface area contributed by atoms with Gasteiger partial charge in [-0.25, -0.2) is 0 Å². The molecule has 7 nitrogen and oxygen atoms in total. The van der Waals surface area contributed by atoms with Gasteiger partial charge in [0.1, 0.15) is 5.69 Å². The monoisotopic (exact) mass is 355 g/mol. The first-order chi connectivity index (χ1) is 12.5. The molecular formula is C19H25N5O2. The predicted molar refractivity (Wildman–Crippen MR) is 98.6 cm³/mol. The van der Waals surface area contributed by atoms with E-state index in [2.05, 4.69) is 27.4 Å². The Hall–Kier alpha value is -2.67. The second-order valence-electron chi connectivity index (χ2n) is 6.62. The highest BCUT2D eigenvalue weighted by Crippen LogP contribution is 2.08. The lowest BCUT2D eigenvalue weighted by atomic mass is 10.2. The second-order valence-corrected chi connectivity index (χ2v) is 6.62. The number of nitrogens with zero attached hydrogens (tertiary/aromatic N) is 4. The minimum atomic E-state index is -0.274. The molecule has 0 bridgehead atoms. The van der Waals surface area contributed by atoms with E-state index in [1.54, 1.807) is 13.1 Å². The van der Waals surface area contributed by atoms with E-state index in [0.29, 0.717) is 18.8 Å². The average molecular weight is 355 g/mol. The molecule has 0 spiro atoms. The second kappa shape index (κ2) is 8.14. The topological polar surface area (TPSA) is 70.5 Å². The van der Waals surface area contributed by atoms with Crippen molar-refractivity contribution in [2.75, 3.05) is 32.7 Å². The number of hydrogen-bond acceptors (Lipinski definition) is 4. The molecule has 1 aliphatic heterocycles. The van der Waals surface area contributed by atoms with E-state index in [-0.39, 0.29) is 18.4 Å². The highest BCUT2D eigenvalue weighted by Gasteiger charge is 2.22. The highest BCUT2D eigenvalue weighted by molar-refractivity contribution is 5.95. The van der Waals surface area contributed by atoms with Crippen molar-refractivity contribution >= 4 is 11.8 Å². The molecule has 0 saturated carbocycles. The van der Waals surface area contributed by atoms with E-state index in [0.717, 1.165) is 25.3 Å². The number of amides is 2. The number of aryl methyl sites for hydroxylation is 2. The van der Waals surface area contributed by atoms with Gasteiger partial charge in [-0.1, -0.05) is 30.3 Å². The molecule has 1 fully saturated rings. The van der Waals surface area contributed by atoms with Crippen molar-refractivity contribution in [1.82, 2.24) is 24.9 Å². The number of hydrogen-bond donors (Lipinski definition) is 1. The van der Waals surface area contributed by atoms with Crippen LogP contribution in [-0.4, -0.2) is 64.1 Å². The number of benzene rings is 1. The molecule has 138 valence electrons. The molecule has 3 rings (SSSR count). The van der Waals surface area contributed by atoms with Crippen LogP contribution in [0, 0.1) is 6.92 Å². The van der Waals surface area contributed by atoms with Crippen molar-refractivity contribution in [2.24, 2.45) is 7.05 Å². The Morgan fingerprint density at radius 2 is 1.81 bits per heavy atom. The summed E-state index contributed by atoms with van der Waals surface area (Å²) in [7, 11) is 1.72. The molecule has 1 aromatic carbocycles. The number of nitrogens with one attached hydrogen (secondary N) is 1. The minimum absolute atomic E-state index is 0.0156. The number of aromatic nitrogens is 2. The van der Waals surface area contributed by atoms with Crippen LogP contribution in [0.2, 0.25) is 0 Å². The summed E-state index contributed by atoms with van der Waals surface area (Å²) < 4.78 is 1.53. The van der Waals surface area contributed by atoms with Crippen molar-refractivity contribution in [2.45, 2.75) is 13.5 Å². The maximum absolute atomic E-state index is 12.4. The highest BCUT2D eigenvalue weighted by atomic mass is 16.2. The van der Waals surface area contributed by atoms with E-state index in [1.165, 1.54) is 10.2 Å². The van der Waals surface area contributed by atoms with Crippen LogP contribution >= 0.6 is 0 Å². The maximum atomic E-state index is 12.4.